The summed E-state index contributed by atoms with van der Waals surface area (Å²) in [6.45, 7) is 3.97. The Morgan fingerprint density at radius 2 is 2.29 bits per heavy atom. The highest BCUT2D eigenvalue weighted by molar-refractivity contribution is 9.10. The van der Waals surface area contributed by atoms with Crippen LogP contribution in [0.4, 0.5) is 0 Å². The van der Waals surface area contributed by atoms with Gasteiger partial charge < -0.3 is 15.8 Å². The number of primary amides is 1. The predicted molar refractivity (Wildman–Crippen MR) is 69.6 cm³/mol. The second-order valence-corrected chi connectivity index (χ2v) is 4.70. The molecule has 1 rings (SSSR count). The fourth-order valence-electron chi connectivity index (χ4n) is 1.46. The molecular formula is C12H18BrN2O2+. The Morgan fingerprint density at radius 3 is 2.94 bits per heavy atom. The van der Waals surface area contributed by atoms with Gasteiger partial charge in [-0.05, 0) is 24.6 Å². The number of rotatable bonds is 7. The van der Waals surface area contributed by atoms with Crippen LogP contribution in [0.5, 0.6) is 5.75 Å². The van der Waals surface area contributed by atoms with Crippen LogP contribution in [0.2, 0.25) is 0 Å². The van der Waals surface area contributed by atoms with Crippen LogP contribution in [0.15, 0.2) is 22.7 Å². The van der Waals surface area contributed by atoms with Crippen molar-refractivity contribution in [1.29, 1.82) is 0 Å². The summed E-state index contributed by atoms with van der Waals surface area (Å²) in [6.07, 6.45) is 1.13. The summed E-state index contributed by atoms with van der Waals surface area (Å²) in [5.74, 6) is 0.260. The van der Waals surface area contributed by atoms with Crippen molar-refractivity contribution < 1.29 is 14.8 Å². The van der Waals surface area contributed by atoms with Gasteiger partial charge >= 0.3 is 0 Å². The first-order valence-corrected chi connectivity index (χ1v) is 6.44. The molecule has 0 saturated heterocycles. The molecule has 0 bridgehead atoms. The minimum atomic E-state index is -0.462. The lowest BCUT2D eigenvalue weighted by Crippen LogP contribution is -2.82. The highest BCUT2D eigenvalue weighted by Crippen LogP contribution is 2.22. The molecule has 0 heterocycles. The van der Waals surface area contributed by atoms with Crippen LogP contribution in [0.1, 0.15) is 18.9 Å². The van der Waals surface area contributed by atoms with Gasteiger partial charge in [-0.2, -0.15) is 0 Å². The summed E-state index contributed by atoms with van der Waals surface area (Å²) in [7, 11) is 0. The van der Waals surface area contributed by atoms with Crippen LogP contribution >= 0.6 is 15.9 Å². The number of ether oxygens (including phenoxy) is 1. The lowest BCUT2D eigenvalue weighted by atomic mass is 10.2. The third kappa shape index (κ3) is 5.19. The molecule has 0 aliphatic heterocycles. The van der Waals surface area contributed by atoms with E-state index in [9.17, 15) is 4.79 Å². The van der Waals surface area contributed by atoms with Crippen LogP contribution in [0, 0.1) is 0 Å². The third-order valence-corrected chi connectivity index (χ3v) is 2.74. The Hall–Kier alpha value is -1.07. The van der Waals surface area contributed by atoms with Gasteiger partial charge in [-0.3, -0.25) is 4.79 Å². The summed E-state index contributed by atoms with van der Waals surface area (Å²) in [5, 5.41) is 2.21. The number of hydrogen-bond donors (Lipinski definition) is 2. The van der Waals surface area contributed by atoms with Gasteiger partial charge in [-0.15, -0.1) is 0 Å². The van der Waals surface area contributed by atoms with E-state index in [1.807, 2.05) is 18.2 Å². The van der Waals surface area contributed by atoms with Crippen molar-refractivity contribution in [1.82, 2.24) is 0 Å². The number of benzene rings is 1. The number of halogens is 1. The van der Waals surface area contributed by atoms with E-state index in [-0.39, 0.29) is 6.61 Å². The highest BCUT2D eigenvalue weighted by Gasteiger charge is 2.07. The first-order chi connectivity index (χ1) is 8.13. The second kappa shape index (κ2) is 7.29. The number of carbonyl (C=O) groups is 1. The van der Waals surface area contributed by atoms with Crippen molar-refractivity contribution >= 4 is 21.8 Å². The van der Waals surface area contributed by atoms with Crippen molar-refractivity contribution in [2.24, 2.45) is 5.73 Å². The summed E-state index contributed by atoms with van der Waals surface area (Å²) >= 11 is 3.42. The Bertz CT molecular complexity index is 383. The molecule has 1 aromatic carbocycles. The maximum Gasteiger partial charge on any atom is 0.255 e. The average molecular weight is 302 g/mol. The summed E-state index contributed by atoms with van der Waals surface area (Å²) in [6, 6.07) is 5.74. The largest absolute Gasteiger partial charge is 0.483 e. The van der Waals surface area contributed by atoms with Gasteiger partial charge in [-0.1, -0.05) is 22.9 Å². The van der Waals surface area contributed by atoms with E-state index in [1.165, 1.54) is 0 Å². The topological polar surface area (TPSA) is 68.9 Å². The van der Waals surface area contributed by atoms with E-state index in [4.69, 9.17) is 10.5 Å². The quantitative estimate of drug-likeness (QED) is 0.731. The van der Waals surface area contributed by atoms with E-state index in [0.717, 1.165) is 35.3 Å². The van der Waals surface area contributed by atoms with Gasteiger partial charge in [0.1, 0.15) is 12.3 Å². The zero-order valence-corrected chi connectivity index (χ0v) is 11.5. The van der Waals surface area contributed by atoms with Crippen molar-refractivity contribution in [3.05, 3.63) is 28.2 Å². The molecule has 0 saturated carbocycles. The maximum atomic E-state index is 10.7. The van der Waals surface area contributed by atoms with Gasteiger partial charge in [0, 0.05) is 10.0 Å². The smallest absolute Gasteiger partial charge is 0.255 e. The van der Waals surface area contributed by atoms with Gasteiger partial charge in [0.15, 0.2) is 6.61 Å². The Labute approximate surface area is 110 Å². The number of amides is 1. The van der Waals surface area contributed by atoms with Crippen LogP contribution < -0.4 is 15.8 Å². The fourth-order valence-corrected chi connectivity index (χ4v) is 1.87. The van der Waals surface area contributed by atoms with E-state index in [2.05, 4.69) is 28.2 Å². The molecule has 0 atom stereocenters. The average Bonchev–Trinajstić information content (AvgIpc) is 2.28. The van der Waals surface area contributed by atoms with Crippen LogP contribution in [-0.2, 0) is 11.3 Å². The summed E-state index contributed by atoms with van der Waals surface area (Å²) < 4.78 is 6.37. The van der Waals surface area contributed by atoms with Crippen LogP contribution in [-0.4, -0.2) is 19.1 Å². The lowest BCUT2D eigenvalue weighted by Gasteiger charge is -2.10. The Kier molecular flexibility index (Phi) is 6.00. The molecule has 0 fully saturated rings. The minimum Gasteiger partial charge on any atom is -0.483 e. The van der Waals surface area contributed by atoms with Crippen molar-refractivity contribution in [3.63, 3.8) is 0 Å². The van der Waals surface area contributed by atoms with E-state index < -0.39 is 5.91 Å². The molecule has 0 radical (unpaired) electrons. The van der Waals surface area contributed by atoms with Crippen molar-refractivity contribution in [2.45, 2.75) is 19.9 Å². The molecule has 1 aromatic rings. The molecule has 0 aromatic heterocycles. The molecular weight excluding hydrogens is 284 g/mol. The van der Waals surface area contributed by atoms with Gasteiger partial charge in [0.2, 0.25) is 0 Å². The zero-order valence-electron chi connectivity index (χ0n) is 9.91. The molecule has 0 aliphatic carbocycles. The van der Waals surface area contributed by atoms with E-state index in [1.54, 1.807) is 0 Å². The van der Waals surface area contributed by atoms with E-state index in [0.29, 0.717) is 0 Å². The standard InChI is InChI=1S/C12H17BrN2O2/c1-2-5-15-7-9-6-10(13)3-4-11(9)17-8-12(14)16/h3-4,6,15H,2,5,7-8H2,1H3,(H2,14,16)/p+1. The number of nitrogens with two attached hydrogens (primary N) is 2. The van der Waals surface area contributed by atoms with Gasteiger partial charge in [0.25, 0.3) is 5.91 Å². The molecule has 94 valence electrons. The molecule has 17 heavy (non-hydrogen) atoms. The normalized spacial score (nSPS) is 10.2. The molecule has 4 N–H and O–H groups in total. The van der Waals surface area contributed by atoms with Crippen LogP contribution in [0.25, 0.3) is 0 Å². The minimum absolute atomic E-state index is 0.0809. The molecule has 4 nitrogen and oxygen atoms in total. The van der Waals surface area contributed by atoms with E-state index >= 15 is 0 Å². The fraction of sp³-hybridized carbons (Fsp3) is 0.417. The molecule has 0 spiro atoms. The van der Waals surface area contributed by atoms with Gasteiger partial charge in [0.05, 0.1) is 6.54 Å². The zero-order chi connectivity index (χ0) is 12.7. The molecule has 0 unspecified atom stereocenters. The number of quaternary nitrogens is 1. The van der Waals surface area contributed by atoms with Crippen molar-refractivity contribution in [2.75, 3.05) is 13.2 Å². The van der Waals surface area contributed by atoms with Crippen LogP contribution in [0.3, 0.4) is 0 Å². The third-order valence-electron chi connectivity index (χ3n) is 2.25. The first-order valence-electron chi connectivity index (χ1n) is 5.64. The lowest BCUT2D eigenvalue weighted by molar-refractivity contribution is -0.670. The molecule has 5 heteroatoms. The van der Waals surface area contributed by atoms with Crippen molar-refractivity contribution in [3.8, 4) is 5.75 Å². The predicted octanol–water partition coefficient (Wildman–Crippen LogP) is 0.787. The Balaban J connectivity index is 2.69. The molecule has 0 aliphatic rings. The first kappa shape index (κ1) is 14.0. The number of carbonyl (C=O) groups excluding carboxylic acids is 1. The summed E-state index contributed by atoms with van der Waals surface area (Å²) in [4.78, 5) is 10.7. The highest BCUT2D eigenvalue weighted by atomic mass is 79.9. The summed E-state index contributed by atoms with van der Waals surface area (Å²) in [5.41, 5.74) is 6.12. The monoisotopic (exact) mass is 301 g/mol. The second-order valence-electron chi connectivity index (χ2n) is 3.79. The Morgan fingerprint density at radius 1 is 1.53 bits per heavy atom. The number of hydrogen-bond acceptors (Lipinski definition) is 2. The van der Waals surface area contributed by atoms with Gasteiger partial charge in [-0.25, -0.2) is 0 Å². The maximum absolute atomic E-state index is 10.7. The SMILES string of the molecule is CCC[NH2+]Cc1cc(Br)ccc1OCC(N)=O. The molecule has 1 amide bonds.